The number of benzene rings is 1. The van der Waals surface area contributed by atoms with Crippen LogP contribution >= 0.6 is 0 Å². The first kappa shape index (κ1) is 13.2. The van der Waals surface area contributed by atoms with E-state index in [1.807, 2.05) is 13.8 Å². The van der Waals surface area contributed by atoms with Gasteiger partial charge in [-0.25, -0.2) is 0 Å². The number of rotatable bonds is 5. The molecule has 0 amide bonds. The zero-order valence-electron chi connectivity index (χ0n) is 10.2. The number of para-hydroxylation sites is 1. The van der Waals surface area contributed by atoms with E-state index in [4.69, 9.17) is 9.47 Å². The lowest BCUT2D eigenvalue weighted by atomic mass is 10.1. The summed E-state index contributed by atoms with van der Waals surface area (Å²) in [6.07, 6.45) is 0.941. The van der Waals surface area contributed by atoms with E-state index in [1.165, 1.54) is 7.11 Å². The third kappa shape index (κ3) is 3.59. The van der Waals surface area contributed by atoms with Crippen molar-refractivity contribution < 1.29 is 19.1 Å². The van der Waals surface area contributed by atoms with Crippen LogP contribution in [0.1, 0.15) is 30.6 Å². The minimum absolute atomic E-state index is 0.190. The Kier molecular flexibility index (Phi) is 4.69. The molecule has 0 heterocycles. The predicted molar refractivity (Wildman–Crippen MR) is 63.5 cm³/mol. The monoisotopic (exact) mass is 236 g/mol. The van der Waals surface area contributed by atoms with Gasteiger partial charge in [-0.1, -0.05) is 19.9 Å². The van der Waals surface area contributed by atoms with Crippen molar-refractivity contribution in [2.75, 3.05) is 7.11 Å². The number of methoxy groups -OCH3 is 1. The lowest BCUT2D eigenvalue weighted by Gasteiger charge is -2.11. The van der Waals surface area contributed by atoms with Gasteiger partial charge >= 0.3 is 5.97 Å². The van der Waals surface area contributed by atoms with Gasteiger partial charge in [-0.05, 0) is 18.1 Å². The van der Waals surface area contributed by atoms with Crippen molar-refractivity contribution in [3.8, 4) is 11.5 Å². The number of carbonyl (C=O) groups excluding carboxylic acids is 2. The normalized spacial score (nSPS) is 10.1. The Hall–Kier alpha value is -1.84. The second-order valence-corrected chi connectivity index (χ2v) is 4.07. The van der Waals surface area contributed by atoms with Crippen molar-refractivity contribution in [1.82, 2.24) is 0 Å². The molecule has 0 aromatic heterocycles. The van der Waals surface area contributed by atoms with Crippen molar-refractivity contribution >= 4 is 12.3 Å². The van der Waals surface area contributed by atoms with Crippen LogP contribution in [0.2, 0.25) is 0 Å². The molecule has 0 unspecified atom stereocenters. The van der Waals surface area contributed by atoms with Crippen LogP contribution in [0.4, 0.5) is 0 Å². The number of ether oxygens (including phenoxy) is 2. The SMILES string of the molecule is COc1cccc(C=O)c1OC(=O)CC(C)C. The van der Waals surface area contributed by atoms with E-state index in [0.717, 1.165) is 0 Å². The van der Waals surface area contributed by atoms with Crippen LogP contribution in [-0.4, -0.2) is 19.4 Å². The van der Waals surface area contributed by atoms with Gasteiger partial charge in [0.05, 0.1) is 12.7 Å². The molecular weight excluding hydrogens is 220 g/mol. The summed E-state index contributed by atoms with van der Waals surface area (Å²) in [6, 6.07) is 4.89. The van der Waals surface area contributed by atoms with E-state index in [9.17, 15) is 9.59 Å². The Morgan fingerprint density at radius 1 is 1.41 bits per heavy atom. The van der Waals surface area contributed by atoms with Gasteiger partial charge in [0.25, 0.3) is 0 Å². The average molecular weight is 236 g/mol. The maximum atomic E-state index is 11.6. The highest BCUT2D eigenvalue weighted by molar-refractivity contribution is 5.84. The molecule has 0 aliphatic rings. The quantitative estimate of drug-likeness (QED) is 0.447. The van der Waals surface area contributed by atoms with Gasteiger partial charge in [-0.15, -0.1) is 0 Å². The molecular formula is C13H16O4. The standard InChI is InChI=1S/C13H16O4/c1-9(2)7-12(15)17-13-10(8-14)5-4-6-11(13)16-3/h4-6,8-9H,7H2,1-3H3. The number of esters is 1. The molecule has 0 aliphatic heterocycles. The van der Waals surface area contributed by atoms with E-state index in [-0.39, 0.29) is 17.6 Å². The Balaban J connectivity index is 2.95. The van der Waals surface area contributed by atoms with E-state index < -0.39 is 0 Å². The summed E-state index contributed by atoms with van der Waals surface area (Å²) in [6.45, 7) is 3.84. The molecule has 0 atom stereocenters. The third-order valence-corrected chi connectivity index (χ3v) is 2.15. The van der Waals surface area contributed by atoms with Crippen LogP contribution in [0.3, 0.4) is 0 Å². The minimum Gasteiger partial charge on any atom is -0.493 e. The van der Waals surface area contributed by atoms with Crippen LogP contribution in [0, 0.1) is 5.92 Å². The predicted octanol–water partition coefficient (Wildman–Crippen LogP) is 2.46. The van der Waals surface area contributed by atoms with E-state index in [0.29, 0.717) is 24.0 Å². The van der Waals surface area contributed by atoms with Gasteiger partial charge in [0.15, 0.2) is 17.8 Å². The van der Waals surface area contributed by atoms with Crippen LogP contribution in [-0.2, 0) is 4.79 Å². The minimum atomic E-state index is -0.368. The van der Waals surface area contributed by atoms with Crippen molar-refractivity contribution in [3.63, 3.8) is 0 Å². The Labute approximate surface area is 101 Å². The maximum Gasteiger partial charge on any atom is 0.311 e. The van der Waals surface area contributed by atoms with E-state index in [1.54, 1.807) is 18.2 Å². The zero-order valence-corrected chi connectivity index (χ0v) is 10.2. The molecule has 0 saturated carbocycles. The largest absolute Gasteiger partial charge is 0.493 e. The lowest BCUT2D eigenvalue weighted by molar-refractivity contribution is -0.135. The Morgan fingerprint density at radius 3 is 2.65 bits per heavy atom. The number of aldehydes is 1. The molecule has 0 fully saturated rings. The molecule has 1 aromatic carbocycles. The average Bonchev–Trinajstić information content (AvgIpc) is 2.28. The van der Waals surface area contributed by atoms with Crippen molar-refractivity contribution in [1.29, 1.82) is 0 Å². The molecule has 0 saturated heterocycles. The van der Waals surface area contributed by atoms with Gasteiger partial charge < -0.3 is 9.47 Å². The Bertz CT molecular complexity index is 410. The molecule has 0 N–H and O–H groups in total. The summed E-state index contributed by atoms with van der Waals surface area (Å²) in [5.74, 6) is 0.409. The summed E-state index contributed by atoms with van der Waals surface area (Å²) >= 11 is 0. The molecule has 1 aromatic rings. The molecule has 4 nitrogen and oxygen atoms in total. The fourth-order valence-electron chi connectivity index (χ4n) is 1.38. The van der Waals surface area contributed by atoms with Gasteiger partial charge in [0.1, 0.15) is 0 Å². The zero-order chi connectivity index (χ0) is 12.8. The molecule has 0 bridgehead atoms. The van der Waals surface area contributed by atoms with Crippen molar-refractivity contribution in [3.05, 3.63) is 23.8 Å². The van der Waals surface area contributed by atoms with Crippen LogP contribution in [0.25, 0.3) is 0 Å². The summed E-state index contributed by atoms with van der Waals surface area (Å²) in [5, 5.41) is 0. The molecule has 0 spiro atoms. The molecule has 4 heteroatoms. The highest BCUT2D eigenvalue weighted by Gasteiger charge is 2.15. The number of carbonyl (C=O) groups is 2. The lowest BCUT2D eigenvalue weighted by Crippen LogP contribution is -2.12. The molecule has 92 valence electrons. The molecule has 0 aliphatic carbocycles. The number of hydrogen-bond donors (Lipinski definition) is 0. The van der Waals surface area contributed by atoms with Gasteiger partial charge in [0, 0.05) is 6.42 Å². The summed E-state index contributed by atoms with van der Waals surface area (Å²) in [5.41, 5.74) is 0.307. The van der Waals surface area contributed by atoms with Gasteiger partial charge in [0.2, 0.25) is 0 Å². The summed E-state index contributed by atoms with van der Waals surface area (Å²) in [4.78, 5) is 22.4. The maximum absolute atomic E-state index is 11.6. The van der Waals surface area contributed by atoms with E-state index in [2.05, 4.69) is 0 Å². The highest BCUT2D eigenvalue weighted by atomic mass is 16.6. The first-order chi connectivity index (χ1) is 8.08. The highest BCUT2D eigenvalue weighted by Crippen LogP contribution is 2.30. The van der Waals surface area contributed by atoms with Crippen LogP contribution < -0.4 is 9.47 Å². The van der Waals surface area contributed by atoms with E-state index >= 15 is 0 Å². The summed E-state index contributed by atoms with van der Waals surface area (Å²) < 4.78 is 10.2. The molecule has 0 radical (unpaired) electrons. The van der Waals surface area contributed by atoms with Crippen molar-refractivity contribution in [2.45, 2.75) is 20.3 Å². The second kappa shape index (κ2) is 6.03. The third-order valence-electron chi connectivity index (χ3n) is 2.15. The Morgan fingerprint density at radius 2 is 2.12 bits per heavy atom. The van der Waals surface area contributed by atoms with Crippen molar-refractivity contribution in [2.24, 2.45) is 5.92 Å². The number of hydrogen-bond acceptors (Lipinski definition) is 4. The van der Waals surface area contributed by atoms with Gasteiger partial charge in [-0.3, -0.25) is 9.59 Å². The first-order valence-electron chi connectivity index (χ1n) is 5.41. The fraction of sp³-hybridized carbons (Fsp3) is 0.385. The summed E-state index contributed by atoms with van der Waals surface area (Å²) in [7, 11) is 1.46. The van der Waals surface area contributed by atoms with Gasteiger partial charge in [-0.2, -0.15) is 0 Å². The second-order valence-electron chi connectivity index (χ2n) is 4.07. The van der Waals surface area contributed by atoms with Crippen LogP contribution in [0.5, 0.6) is 11.5 Å². The molecule has 1 rings (SSSR count). The van der Waals surface area contributed by atoms with Crippen LogP contribution in [0.15, 0.2) is 18.2 Å². The first-order valence-corrected chi connectivity index (χ1v) is 5.41. The fourth-order valence-corrected chi connectivity index (χ4v) is 1.38. The smallest absolute Gasteiger partial charge is 0.311 e. The molecule has 17 heavy (non-hydrogen) atoms. The topological polar surface area (TPSA) is 52.6 Å².